The van der Waals surface area contributed by atoms with E-state index in [4.69, 9.17) is 4.74 Å². The van der Waals surface area contributed by atoms with Gasteiger partial charge < -0.3 is 14.7 Å². The molecule has 1 amide bonds. The molecule has 2 aromatic rings. The largest absolute Gasteiger partial charge is 0.497 e. The molecule has 1 aliphatic heterocycles. The van der Waals surface area contributed by atoms with Gasteiger partial charge in [-0.1, -0.05) is 37.3 Å². The van der Waals surface area contributed by atoms with E-state index in [0.717, 1.165) is 12.0 Å². The highest BCUT2D eigenvalue weighted by atomic mass is 16.5. The number of hydrogen-bond donors (Lipinski definition) is 1. The van der Waals surface area contributed by atoms with Gasteiger partial charge in [0.25, 0.3) is 5.91 Å². The number of ether oxygens (including phenoxy) is 1. The van der Waals surface area contributed by atoms with Gasteiger partial charge in [-0.2, -0.15) is 0 Å². The summed E-state index contributed by atoms with van der Waals surface area (Å²) in [5.41, 5.74) is 1.84. The first-order chi connectivity index (χ1) is 12.5. The first kappa shape index (κ1) is 18.0. The maximum absolute atomic E-state index is 13.2. The molecule has 0 saturated carbocycles. The van der Waals surface area contributed by atoms with Gasteiger partial charge in [0, 0.05) is 11.6 Å². The fraction of sp³-hybridized carbons (Fsp3) is 0.333. The van der Waals surface area contributed by atoms with Crippen molar-refractivity contribution >= 4 is 11.9 Å². The standard InChI is InChI=1S/C21H23NO4/c1-4-13(2)22-19(14-9-11-15(26-3)12-10-14)18(21(24)25)16-7-5-6-8-17(16)20(22)23/h5-13,18-19H,4H2,1-3H3,(H,24,25)/t13-,18-,19+/m1/s1. The molecule has 1 aliphatic rings. The highest BCUT2D eigenvalue weighted by Crippen LogP contribution is 2.44. The van der Waals surface area contributed by atoms with Crippen LogP contribution in [0.3, 0.4) is 0 Å². The molecule has 0 radical (unpaired) electrons. The summed E-state index contributed by atoms with van der Waals surface area (Å²) in [7, 11) is 1.58. The second kappa shape index (κ2) is 7.20. The first-order valence-corrected chi connectivity index (χ1v) is 8.78. The lowest BCUT2D eigenvalue weighted by molar-refractivity contribution is -0.140. The number of amides is 1. The minimum Gasteiger partial charge on any atom is -0.497 e. The van der Waals surface area contributed by atoms with Gasteiger partial charge in [0.1, 0.15) is 11.7 Å². The summed E-state index contributed by atoms with van der Waals surface area (Å²) in [6.45, 7) is 3.96. The molecule has 26 heavy (non-hydrogen) atoms. The Morgan fingerprint density at radius 3 is 2.42 bits per heavy atom. The van der Waals surface area contributed by atoms with Crippen molar-refractivity contribution in [2.75, 3.05) is 7.11 Å². The van der Waals surface area contributed by atoms with E-state index in [1.165, 1.54) is 0 Å². The number of rotatable bonds is 5. The van der Waals surface area contributed by atoms with Gasteiger partial charge in [-0.05, 0) is 42.7 Å². The minimum absolute atomic E-state index is 0.0789. The summed E-state index contributed by atoms with van der Waals surface area (Å²) in [6.07, 6.45) is 0.743. The van der Waals surface area contributed by atoms with Crippen LogP contribution in [-0.4, -0.2) is 35.0 Å². The molecule has 5 heteroatoms. The smallest absolute Gasteiger partial charge is 0.313 e. The molecule has 5 nitrogen and oxygen atoms in total. The molecule has 0 saturated heterocycles. The van der Waals surface area contributed by atoms with Crippen LogP contribution in [0.5, 0.6) is 5.75 Å². The second-order valence-corrected chi connectivity index (χ2v) is 6.59. The van der Waals surface area contributed by atoms with Crippen molar-refractivity contribution in [3.8, 4) is 5.75 Å². The van der Waals surface area contributed by atoms with Crippen LogP contribution in [-0.2, 0) is 4.79 Å². The maximum atomic E-state index is 13.2. The fourth-order valence-corrected chi connectivity index (χ4v) is 3.65. The van der Waals surface area contributed by atoms with E-state index in [-0.39, 0.29) is 11.9 Å². The molecule has 0 spiro atoms. The van der Waals surface area contributed by atoms with E-state index in [1.54, 1.807) is 48.4 Å². The molecular formula is C21H23NO4. The zero-order chi connectivity index (χ0) is 18.8. The number of carboxylic acid groups (broad SMARTS) is 1. The van der Waals surface area contributed by atoms with Crippen LogP contribution < -0.4 is 4.74 Å². The number of benzene rings is 2. The average molecular weight is 353 g/mol. The molecule has 0 unspecified atom stereocenters. The fourth-order valence-electron chi connectivity index (χ4n) is 3.65. The number of carboxylic acids is 1. The predicted octanol–water partition coefficient (Wildman–Crippen LogP) is 3.86. The third kappa shape index (κ3) is 2.94. The van der Waals surface area contributed by atoms with E-state index < -0.39 is 17.9 Å². The molecule has 0 aromatic heterocycles. The topological polar surface area (TPSA) is 66.8 Å². The van der Waals surface area contributed by atoms with Gasteiger partial charge >= 0.3 is 5.97 Å². The van der Waals surface area contributed by atoms with Crippen LogP contribution in [0.25, 0.3) is 0 Å². The van der Waals surface area contributed by atoms with Crippen molar-refractivity contribution in [3.05, 3.63) is 65.2 Å². The zero-order valence-corrected chi connectivity index (χ0v) is 15.2. The Hall–Kier alpha value is -2.82. The number of fused-ring (bicyclic) bond motifs is 1. The molecule has 2 aromatic carbocycles. The van der Waals surface area contributed by atoms with Gasteiger partial charge in [0.05, 0.1) is 13.2 Å². The monoisotopic (exact) mass is 353 g/mol. The summed E-state index contributed by atoms with van der Waals surface area (Å²) in [5, 5.41) is 10.0. The Morgan fingerprint density at radius 1 is 1.19 bits per heavy atom. The lowest BCUT2D eigenvalue weighted by Crippen LogP contribution is -2.48. The van der Waals surface area contributed by atoms with Gasteiger partial charge in [0.15, 0.2) is 0 Å². The number of nitrogens with zero attached hydrogens (tertiary/aromatic N) is 1. The van der Waals surface area contributed by atoms with Crippen LogP contribution in [0.2, 0.25) is 0 Å². The van der Waals surface area contributed by atoms with E-state index in [1.807, 2.05) is 26.0 Å². The van der Waals surface area contributed by atoms with Crippen LogP contribution >= 0.6 is 0 Å². The third-order valence-corrected chi connectivity index (χ3v) is 5.17. The van der Waals surface area contributed by atoms with Crippen molar-refractivity contribution in [3.63, 3.8) is 0 Å². The summed E-state index contributed by atoms with van der Waals surface area (Å²) >= 11 is 0. The van der Waals surface area contributed by atoms with Gasteiger partial charge in [-0.25, -0.2) is 0 Å². The lowest BCUT2D eigenvalue weighted by atomic mass is 9.79. The van der Waals surface area contributed by atoms with Gasteiger partial charge in [-0.3, -0.25) is 9.59 Å². The first-order valence-electron chi connectivity index (χ1n) is 8.78. The van der Waals surface area contributed by atoms with Crippen LogP contribution in [0.15, 0.2) is 48.5 Å². The third-order valence-electron chi connectivity index (χ3n) is 5.17. The Kier molecular flexibility index (Phi) is 4.98. The van der Waals surface area contributed by atoms with Crippen LogP contribution in [0.4, 0.5) is 0 Å². The normalized spacial score (nSPS) is 20.4. The van der Waals surface area contributed by atoms with Crippen LogP contribution in [0.1, 0.15) is 53.7 Å². The Bertz CT molecular complexity index is 815. The summed E-state index contributed by atoms with van der Waals surface area (Å²) in [4.78, 5) is 27.1. The minimum atomic E-state index is -0.931. The van der Waals surface area contributed by atoms with E-state index in [0.29, 0.717) is 16.9 Å². The molecule has 3 rings (SSSR count). The van der Waals surface area contributed by atoms with Crippen molar-refractivity contribution in [2.24, 2.45) is 0 Å². The lowest BCUT2D eigenvalue weighted by Gasteiger charge is -2.44. The van der Waals surface area contributed by atoms with Crippen molar-refractivity contribution in [1.29, 1.82) is 0 Å². The number of carbonyl (C=O) groups is 2. The predicted molar refractivity (Wildman–Crippen MR) is 98.5 cm³/mol. The molecule has 1 heterocycles. The Balaban J connectivity index is 2.21. The average Bonchev–Trinajstić information content (AvgIpc) is 2.67. The molecule has 0 fully saturated rings. The number of methoxy groups -OCH3 is 1. The summed E-state index contributed by atoms with van der Waals surface area (Å²) in [5.74, 6) is -1.17. The van der Waals surface area contributed by atoms with Crippen molar-refractivity contribution in [1.82, 2.24) is 4.90 Å². The highest BCUT2D eigenvalue weighted by molar-refractivity contribution is 6.00. The zero-order valence-electron chi connectivity index (χ0n) is 15.2. The summed E-state index contributed by atoms with van der Waals surface area (Å²) < 4.78 is 5.21. The molecule has 0 bridgehead atoms. The van der Waals surface area contributed by atoms with E-state index >= 15 is 0 Å². The molecule has 3 atom stereocenters. The van der Waals surface area contributed by atoms with Crippen molar-refractivity contribution in [2.45, 2.75) is 38.3 Å². The van der Waals surface area contributed by atoms with Gasteiger partial charge in [-0.15, -0.1) is 0 Å². The molecule has 1 N–H and O–H groups in total. The van der Waals surface area contributed by atoms with E-state index in [2.05, 4.69) is 0 Å². The molecule has 0 aliphatic carbocycles. The Morgan fingerprint density at radius 2 is 1.85 bits per heavy atom. The van der Waals surface area contributed by atoms with E-state index in [9.17, 15) is 14.7 Å². The number of hydrogen-bond acceptors (Lipinski definition) is 3. The Labute approximate surface area is 153 Å². The molecular weight excluding hydrogens is 330 g/mol. The molecule has 136 valence electrons. The second-order valence-electron chi connectivity index (χ2n) is 6.59. The number of carbonyl (C=O) groups excluding carboxylic acids is 1. The van der Waals surface area contributed by atoms with Crippen LogP contribution in [0, 0.1) is 0 Å². The van der Waals surface area contributed by atoms with Crippen molar-refractivity contribution < 1.29 is 19.4 Å². The quantitative estimate of drug-likeness (QED) is 0.886. The number of aliphatic carboxylic acids is 1. The SMILES string of the molecule is CC[C@@H](C)N1C(=O)c2ccccc2[C@@H](C(=O)O)[C@@H]1c1ccc(OC)cc1. The maximum Gasteiger partial charge on any atom is 0.313 e. The highest BCUT2D eigenvalue weighted by Gasteiger charge is 2.45. The van der Waals surface area contributed by atoms with Gasteiger partial charge in [0.2, 0.25) is 0 Å². The summed E-state index contributed by atoms with van der Waals surface area (Å²) in [6, 6.07) is 13.7.